The van der Waals surface area contributed by atoms with Crippen molar-refractivity contribution in [1.82, 2.24) is 0 Å². The van der Waals surface area contributed by atoms with Crippen LogP contribution >= 0.6 is 0 Å². The van der Waals surface area contributed by atoms with Gasteiger partial charge >= 0.3 is 11.9 Å². The first kappa shape index (κ1) is 20.5. The molecule has 24 heavy (non-hydrogen) atoms. The minimum Gasteiger partial charge on any atom is -0.481 e. The van der Waals surface area contributed by atoms with E-state index in [1.165, 1.54) is 26.2 Å². The Balaban J connectivity index is 2.40. The van der Waals surface area contributed by atoms with E-state index >= 15 is 0 Å². The highest BCUT2D eigenvalue weighted by Crippen LogP contribution is 2.35. The number of unbranched alkanes of at least 4 members (excludes halogenated alkanes) is 1. The lowest BCUT2D eigenvalue weighted by Crippen LogP contribution is -2.14. The van der Waals surface area contributed by atoms with Gasteiger partial charge in [0.05, 0.1) is 0 Å². The fraction of sp³-hybridized carbons (Fsp3) is 0.700. The zero-order chi connectivity index (χ0) is 17.8. The lowest BCUT2D eigenvalue weighted by Gasteiger charge is -2.16. The highest BCUT2D eigenvalue weighted by Gasteiger charge is 2.24. The Bertz CT molecular complexity index is 439. The van der Waals surface area contributed by atoms with Crippen molar-refractivity contribution in [2.24, 2.45) is 11.8 Å². The van der Waals surface area contributed by atoms with Crippen LogP contribution in [0.1, 0.15) is 71.6 Å². The van der Waals surface area contributed by atoms with Crippen molar-refractivity contribution in [3.8, 4) is 0 Å². The van der Waals surface area contributed by atoms with Gasteiger partial charge in [-0.3, -0.25) is 9.59 Å². The molecule has 1 fully saturated rings. The molecule has 0 amide bonds. The average Bonchev–Trinajstić information content (AvgIpc) is 2.95. The van der Waals surface area contributed by atoms with Crippen molar-refractivity contribution in [3.63, 3.8) is 0 Å². The molecule has 1 rings (SSSR count). The molecule has 1 saturated carbocycles. The van der Waals surface area contributed by atoms with Crippen molar-refractivity contribution in [3.05, 3.63) is 24.3 Å². The van der Waals surface area contributed by atoms with E-state index in [2.05, 4.69) is 31.2 Å². The Hall–Kier alpha value is -1.58. The zero-order valence-electron chi connectivity index (χ0n) is 15.1. The summed E-state index contributed by atoms with van der Waals surface area (Å²) in [5.41, 5.74) is 0. The van der Waals surface area contributed by atoms with Crippen molar-refractivity contribution in [2.75, 3.05) is 0 Å². The van der Waals surface area contributed by atoms with E-state index in [0.717, 1.165) is 25.7 Å². The fourth-order valence-electron chi connectivity index (χ4n) is 3.33. The number of esters is 1. The predicted molar refractivity (Wildman–Crippen MR) is 95.7 cm³/mol. The maximum atomic E-state index is 11.2. The molecule has 0 spiro atoms. The molecule has 0 heterocycles. The third-order valence-corrected chi connectivity index (χ3v) is 4.55. The number of carbonyl (C=O) groups excluding carboxylic acids is 1. The minimum atomic E-state index is -0.723. The van der Waals surface area contributed by atoms with Crippen LogP contribution in [0.3, 0.4) is 0 Å². The molecule has 0 aromatic carbocycles. The Labute approximate surface area is 146 Å². The van der Waals surface area contributed by atoms with E-state index in [1.54, 1.807) is 0 Å². The van der Waals surface area contributed by atoms with E-state index in [-0.39, 0.29) is 18.5 Å². The number of carboxylic acid groups (broad SMARTS) is 1. The Morgan fingerprint density at radius 1 is 1.29 bits per heavy atom. The minimum absolute atomic E-state index is 0.0969. The molecule has 1 unspecified atom stereocenters. The Morgan fingerprint density at radius 2 is 2.08 bits per heavy atom. The molecule has 1 aliphatic rings. The molecule has 0 aliphatic heterocycles. The summed E-state index contributed by atoms with van der Waals surface area (Å²) in [6, 6.07) is 0. The highest BCUT2D eigenvalue weighted by atomic mass is 16.5. The molecule has 4 heteroatoms. The smallest absolute Gasteiger partial charge is 0.303 e. The van der Waals surface area contributed by atoms with Crippen molar-refractivity contribution >= 4 is 11.9 Å². The number of ether oxygens (including phenoxy) is 1. The summed E-state index contributed by atoms with van der Waals surface area (Å²) in [5, 5.41) is 8.61. The summed E-state index contributed by atoms with van der Waals surface area (Å²) in [4.78, 5) is 21.6. The van der Waals surface area contributed by atoms with Crippen LogP contribution in [-0.2, 0) is 14.3 Å². The predicted octanol–water partition coefficient (Wildman–Crippen LogP) is 4.89. The molecule has 0 bridgehead atoms. The monoisotopic (exact) mass is 336 g/mol. The first-order chi connectivity index (χ1) is 11.5. The van der Waals surface area contributed by atoms with E-state index in [1.807, 2.05) is 0 Å². The molecule has 3 atom stereocenters. The van der Waals surface area contributed by atoms with E-state index in [0.29, 0.717) is 18.3 Å². The molecular formula is C20H32O4. The van der Waals surface area contributed by atoms with Crippen molar-refractivity contribution in [1.29, 1.82) is 0 Å². The summed E-state index contributed by atoms with van der Waals surface area (Å²) in [6.07, 6.45) is 16.9. The van der Waals surface area contributed by atoms with Gasteiger partial charge < -0.3 is 9.84 Å². The normalized spacial score (nSPS) is 22.2. The summed E-state index contributed by atoms with van der Waals surface area (Å²) >= 11 is 0. The second-order valence-electron chi connectivity index (χ2n) is 6.67. The standard InChI is InChI=1S/C20H32O4/c1-3-9-19(24-16(2)21)15-14-18-12-8-11-17(18)10-6-4-5-7-13-20(22)23/h4,6,14-15,17-19H,3,5,7-13H2,1-2H3,(H,22,23)/b6-4-,15-14+/t17-,18?,19-/m0/s1. The largest absolute Gasteiger partial charge is 0.481 e. The summed E-state index contributed by atoms with van der Waals surface area (Å²) < 4.78 is 5.34. The number of allylic oxidation sites excluding steroid dienone is 3. The first-order valence-electron chi connectivity index (χ1n) is 9.25. The van der Waals surface area contributed by atoms with Gasteiger partial charge in [0.15, 0.2) is 0 Å². The number of hydrogen-bond acceptors (Lipinski definition) is 3. The van der Waals surface area contributed by atoms with Crippen LogP contribution in [0.2, 0.25) is 0 Å². The van der Waals surface area contributed by atoms with Gasteiger partial charge in [-0.25, -0.2) is 0 Å². The maximum absolute atomic E-state index is 11.2. The van der Waals surface area contributed by atoms with Gasteiger partial charge in [0.1, 0.15) is 6.10 Å². The lowest BCUT2D eigenvalue weighted by atomic mass is 9.91. The van der Waals surface area contributed by atoms with Crippen LogP contribution in [0.5, 0.6) is 0 Å². The fourth-order valence-corrected chi connectivity index (χ4v) is 3.33. The van der Waals surface area contributed by atoms with Crippen LogP contribution in [0, 0.1) is 11.8 Å². The van der Waals surface area contributed by atoms with Crippen LogP contribution in [0.15, 0.2) is 24.3 Å². The van der Waals surface area contributed by atoms with Crippen molar-refractivity contribution < 1.29 is 19.4 Å². The summed E-state index contributed by atoms with van der Waals surface area (Å²) in [7, 11) is 0. The van der Waals surface area contributed by atoms with E-state index in [9.17, 15) is 9.59 Å². The number of aliphatic carboxylic acids is 1. The third-order valence-electron chi connectivity index (χ3n) is 4.55. The number of carbonyl (C=O) groups is 2. The van der Waals surface area contributed by atoms with Gasteiger partial charge in [-0.2, -0.15) is 0 Å². The van der Waals surface area contributed by atoms with Crippen LogP contribution in [0.25, 0.3) is 0 Å². The third kappa shape index (κ3) is 8.90. The van der Waals surface area contributed by atoms with Gasteiger partial charge in [0.2, 0.25) is 0 Å². The lowest BCUT2D eigenvalue weighted by molar-refractivity contribution is -0.144. The van der Waals surface area contributed by atoms with Crippen LogP contribution < -0.4 is 0 Å². The highest BCUT2D eigenvalue weighted by molar-refractivity contribution is 5.66. The first-order valence-corrected chi connectivity index (χ1v) is 9.25. The molecule has 1 aliphatic carbocycles. The molecule has 0 saturated heterocycles. The second kappa shape index (κ2) is 11.9. The molecule has 0 aromatic heterocycles. The summed E-state index contributed by atoms with van der Waals surface area (Å²) in [6.45, 7) is 3.56. The molecule has 136 valence electrons. The van der Waals surface area contributed by atoms with Gasteiger partial charge in [-0.05, 0) is 56.4 Å². The number of hydrogen-bond donors (Lipinski definition) is 1. The Morgan fingerprint density at radius 3 is 2.75 bits per heavy atom. The maximum Gasteiger partial charge on any atom is 0.303 e. The van der Waals surface area contributed by atoms with E-state index in [4.69, 9.17) is 9.84 Å². The van der Waals surface area contributed by atoms with Gasteiger partial charge in [0.25, 0.3) is 0 Å². The van der Waals surface area contributed by atoms with E-state index < -0.39 is 5.97 Å². The average molecular weight is 336 g/mol. The zero-order valence-corrected chi connectivity index (χ0v) is 15.1. The molecular weight excluding hydrogens is 304 g/mol. The van der Waals surface area contributed by atoms with Gasteiger partial charge in [-0.15, -0.1) is 0 Å². The quantitative estimate of drug-likeness (QED) is 0.331. The van der Waals surface area contributed by atoms with Crippen molar-refractivity contribution in [2.45, 2.75) is 77.7 Å². The second-order valence-corrected chi connectivity index (χ2v) is 6.67. The molecule has 0 aromatic rings. The van der Waals surface area contributed by atoms with Crippen LogP contribution in [0.4, 0.5) is 0 Å². The SMILES string of the molecule is CCC[C@@H](/C=C/C1CCC[C@@H]1C/C=C\CCCC(=O)O)OC(C)=O. The summed E-state index contributed by atoms with van der Waals surface area (Å²) in [5.74, 6) is 0.268. The molecule has 4 nitrogen and oxygen atoms in total. The molecule has 1 N–H and O–H groups in total. The topological polar surface area (TPSA) is 63.6 Å². The van der Waals surface area contributed by atoms with Gasteiger partial charge in [0, 0.05) is 13.3 Å². The number of carboxylic acids is 1. The van der Waals surface area contributed by atoms with Crippen LogP contribution in [-0.4, -0.2) is 23.1 Å². The Kier molecular flexibility index (Phi) is 10.1. The van der Waals surface area contributed by atoms with Gasteiger partial charge in [-0.1, -0.05) is 38.0 Å². The number of rotatable bonds is 11. The molecule has 0 radical (unpaired) electrons.